The number of rotatable bonds is 6. The summed E-state index contributed by atoms with van der Waals surface area (Å²) in [6.07, 6.45) is 1.61. The summed E-state index contributed by atoms with van der Waals surface area (Å²) >= 11 is 7.63. The average Bonchev–Trinajstić information content (AvgIpc) is 2.87. The standard InChI is InChI=1S/C13H16ClN5O2S.ClH/c1-19-7-16-18-13(19)22-11-4-3-8(5-9(11)14)17-12(20)10(15)6-21-2;/h3-5,7,10H,6,15H2,1-2H3,(H,17,20);1H. The van der Waals surface area contributed by atoms with Gasteiger partial charge in [0.15, 0.2) is 5.16 Å². The molecule has 0 spiro atoms. The van der Waals surface area contributed by atoms with Gasteiger partial charge in [-0.2, -0.15) is 0 Å². The predicted molar refractivity (Wildman–Crippen MR) is 92.3 cm³/mol. The fourth-order valence-corrected chi connectivity index (χ4v) is 2.68. The second-order valence-corrected chi connectivity index (χ2v) is 5.94. The second-order valence-electron chi connectivity index (χ2n) is 4.52. The summed E-state index contributed by atoms with van der Waals surface area (Å²) in [5.74, 6) is -0.327. The van der Waals surface area contributed by atoms with Crippen molar-refractivity contribution in [2.24, 2.45) is 12.8 Å². The number of carbonyl (C=O) groups is 1. The number of anilines is 1. The lowest BCUT2D eigenvalue weighted by atomic mass is 10.2. The molecule has 0 radical (unpaired) electrons. The zero-order valence-corrected chi connectivity index (χ0v) is 14.9. The maximum Gasteiger partial charge on any atom is 0.243 e. The second kappa shape index (κ2) is 9.09. The molecule has 0 aliphatic heterocycles. The van der Waals surface area contributed by atoms with Crippen LogP contribution in [0.2, 0.25) is 5.02 Å². The molecular formula is C13H17Cl2N5O2S. The molecule has 126 valence electrons. The van der Waals surface area contributed by atoms with Gasteiger partial charge in [-0.1, -0.05) is 11.6 Å². The Bertz CT molecular complexity index is 668. The highest BCUT2D eigenvalue weighted by molar-refractivity contribution is 7.99. The number of carbonyl (C=O) groups excluding carboxylic acids is 1. The Morgan fingerprint density at radius 2 is 2.30 bits per heavy atom. The van der Waals surface area contributed by atoms with E-state index in [4.69, 9.17) is 22.1 Å². The van der Waals surface area contributed by atoms with Crippen molar-refractivity contribution in [1.82, 2.24) is 14.8 Å². The Morgan fingerprint density at radius 1 is 1.57 bits per heavy atom. The molecule has 1 unspecified atom stereocenters. The number of ether oxygens (including phenoxy) is 1. The van der Waals surface area contributed by atoms with Gasteiger partial charge in [0.1, 0.15) is 12.4 Å². The van der Waals surface area contributed by atoms with Crippen LogP contribution in [0.15, 0.2) is 34.6 Å². The lowest BCUT2D eigenvalue weighted by Gasteiger charge is -2.12. The van der Waals surface area contributed by atoms with Gasteiger partial charge >= 0.3 is 0 Å². The van der Waals surface area contributed by atoms with Gasteiger partial charge in [-0.05, 0) is 30.0 Å². The summed E-state index contributed by atoms with van der Waals surface area (Å²) in [6.45, 7) is 0.152. The van der Waals surface area contributed by atoms with Crippen molar-refractivity contribution in [2.75, 3.05) is 19.0 Å². The van der Waals surface area contributed by atoms with Crippen LogP contribution < -0.4 is 11.1 Å². The largest absolute Gasteiger partial charge is 0.383 e. The minimum Gasteiger partial charge on any atom is -0.383 e. The van der Waals surface area contributed by atoms with Crippen molar-refractivity contribution in [1.29, 1.82) is 0 Å². The van der Waals surface area contributed by atoms with E-state index in [9.17, 15) is 4.79 Å². The van der Waals surface area contributed by atoms with Crippen molar-refractivity contribution in [3.8, 4) is 0 Å². The van der Waals surface area contributed by atoms with E-state index in [2.05, 4.69) is 15.5 Å². The molecule has 0 aliphatic carbocycles. The van der Waals surface area contributed by atoms with Crippen LogP contribution in [0.5, 0.6) is 0 Å². The summed E-state index contributed by atoms with van der Waals surface area (Å²) in [6, 6.07) is 4.50. The van der Waals surface area contributed by atoms with Gasteiger partial charge < -0.3 is 20.4 Å². The average molecular weight is 378 g/mol. The Labute approximate surface area is 149 Å². The molecule has 2 aromatic rings. The Hall–Kier alpha value is -1.32. The molecule has 0 fully saturated rings. The Morgan fingerprint density at radius 3 is 2.87 bits per heavy atom. The monoisotopic (exact) mass is 377 g/mol. The summed E-state index contributed by atoms with van der Waals surface area (Å²) < 4.78 is 6.64. The molecular weight excluding hydrogens is 361 g/mol. The van der Waals surface area contributed by atoms with E-state index in [1.807, 2.05) is 7.05 Å². The highest BCUT2D eigenvalue weighted by Crippen LogP contribution is 2.33. The highest BCUT2D eigenvalue weighted by Gasteiger charge is 2.14. The molecule has 0 bridgehead atoms. The van der Waals surface area contributed by atoms with Gasteiger partial charge in [-0.25, -0.2) is 0 Å². The summed E-state index contributed by atoms with van der Waals surface area (Å²) in [7, 11) is 3.34. The number of nitrogens with one attached hydrogen (secondary N) is 1. The van der Waals surface area contributed by atoms with Crippen LogP contribution in [-0.4, -0.2) is 40.4 Å². The maximum atomic E-state index is 11.8. The van der Waals surface area contributed by atoms with Crippen LogP contribution >= 0.6 is 35.8 Å². The summed E-state index contributed by atoms with van der Waals surface area (Å²) in [5, 5.41) is 11.7. The maximum absolute atomic E-state index is 11.8. The van der Waals surface area contributed by atoms with Crippen LogP contribution in [0.25, 0.3) is 0 Å². The van der Waals surface area contributed by atoms with E-state index in [1.165, 1.54) is 18.9 Å². The fourth-order valence-electron chi connectivity index (χ4n) is 1.61. The van der Waals surface area contributed by atoms with Gasteiger partial charge in [0.2, 0.25) is 5.91 Å². The molecule has 0 aliphatic rings. The SMILES string of the molecule is COCC(N)C(=O)Nc1ccc(Sc2nncn2C)c(Cl)c1.Cl. The van der Waals surface area contributed by atoms with E-state index in [-0.39, 0.29) is 24.9 Å². The minimum atomic E-state index is -0.725. The van der Waals surface area contributed by atoms with Crippen LogP contribution in [-0.2, 0) is 16.6 Å². The number of halogens is 2. The number of methoxy groups -OCH3 is 1. The molecule has 1 aromatic heterocycles. The third kappa shape index (κ3) is 5.36. The number of amides is 1. The van der Waals surface area contributed by atoms with E-state index in [0.717, 1.165) is 10.1 Å². The molecule has 7 nitrogen and oxygen atoms in total. The van der Waals surface area contributed by atoms with Crippen molar-refractivity contribution in [2.45, 2.75) is 16.1 Å². The smallest absolute Gasteiger partial charge is 0.243 e. The van der Waals surface area contributed by atoms with Crippen LogP contribution in [0, 0.1) is 0 Å². The van der Waals surface area contributed by atoms with Gasteiger partial charge in [-0.15, -0.1) is 22.6 Å². The Kier molecular flexibility index (Phi) is 7.80. The van der Waals surface area contributed by atoms with Crippen molar-refractivity contribution >= 4 is 47.4 Å². The Balaban J connectivity index is 0.00000264. The van der Waals surface area contributed by atoms with Crippen LogP contribution in [0.4, 0.5) is 5.69 Å². The molecule has 0 saturated carbocycles. The first-order chi connectivity index (χ1) is 10.5. The van der Waals surface area contributed by atoms with Crippen molar-refractivity contribution < 1.29 is 9.53 Å². The van der Waals surface area contributed by atoms with Crippen LogP contribution in [0.3, 0.4) is 0 Å². The molecule has 10 heteroatoms. The molecule has 1 aromatic carbocycles. The van der Waals surface area contributed by atoms with Gasteiger partial charge in [-0.3, -0.25) is 4.79 Å². The summed E-state index contributed by atoms with van der Waals surface area (Å²) in [4.78, 5) is 12.6. The number of nitrogens with two attached hydrogens (primary N) is 1. The van der Waals surface area contributed by atoms with E-state index < -0.39 is 6.04 Å². The number of hydrogen-bond acceptors (Lipinski definition) is 6. The molecule has 2 rings (SSSR count). The number of aryl methyl sites for hydroxylation is 1. The van der Waals surface area contributed by atoms with Crippen LogP contribution in [0.1, 0.15) is 0 Å². The first kappa shape index (κ1) is 19.7. The third-order valence-electron chi connectivity index (χ3n) is 2.75. The van der Waals surface area contributed by atoms with Crippen molar-refractivity contribution in [3.05, 3.63) is 29.5 Å². The highest BCUT2D eigenvalue weighted by atomic mass is 35.5. The van der Waals surface area contributed by atoms with E-state index in [0.29, 0.717) is 10.7 Å². The predicted octanol–water partition coefficient (Wildman–Crippen LogP) is 1.95. The zero-order valence-electron chi connectivity index (χ0n) is 12.5. The first-order valence-electron chi connectivity index (χ1n) is 6.38. The van der Waals surface area contributed by atoms with Gasteiger partial charge in [0.05, 0.1) is 11.6 Å². The van der Waals surface area contributed by atoms with Gasteiger partial charge in [0, 0.05) is 24.7 Å². The lowest BCUT2D eigenvalue weighted by molar-refractivity contribution is -0.118. The van der Waals surface area contributed by atoms with E-state index in [1.54, 1.807) is 29.1 Å². The molecule has 3 N–H and O–H groups in total. The minimum absolute atomic E-state index is 0. The zero-order chi connectivity index (χ0) is 16.1. The number of benzene rings is 1. The number of nitrogens with zero attached hydrogens (tertiary/aromatic N) is 3. The van der Waals surface area contributed by atoms with Gasteiger partial charge in [0.25, 0.3) is 0 Å². The number of aromatic nitrogens is 3. The summed E-state index contributed by atoms with van der Waals surface area (Å²) in [5.41, 5.74) is 6.23. The fraction of sp³-hybridized carbons (Fsp3) is 0.308. The molecule has 1 heterocycles. The quantitative estimate of drug-likeness (QED) is 0.798. The molecule has 1 atom stereocenters. The number of hydrogen-bond donors (Lipinski definition) is 2. The molecule has 23 heavy (non-hydrogen) atoms. The topological polar surface area (TPSA) is 95.1 Å². The van der Waals surface area contributed by atoms with Crippen molar-refractivity contribution in [3.63, 3.8) is 0 Å². The van der Waals surface area contributed by atoms with E-state index >= 15 is 0 Å². The molecule has 1 amide bonds. The first-order valence-corrected chi connectivity index (χ1v) is 7.57. The third-order valence-corrected chi connectivity index (χ3v) is 4.31. The normalized spacial score (nSPS) is 11.7. The lowest BCUT2D eigenvalue weighted by Crippen LogP contribution is -2.39. The molecule has 0 saturated heterocycles.